The van der Waals surface area contributed by atoms with Crippen molar-refractivity contribution in [3.8, 4) is 45.3 Å². The zero-order valence-corrected chi connectivity index (χ0v) is 30.7. The summed E-state index contributed by atoms with van der Waals surface area (Å²) >= 11 is 0. The lowest BCUT2D eigenvalue weighted by molar-refractivity contribution is 0.673. The summed E-state index contributed by atoms with van der Waals surface area (Å²) in [6.45, 7) is 0. The van der Waals surface area contributed by atoms with Gasteiger partial charge < -0.3 is 13.6 Å². The molecule has 0 bridgehead atoms. The van der Waals surface area contributed by atoms with Crippen LogP contribution in [0.3, 0.4) is 0 Å². The third kappa shape index (κ3) is 4.89. The molecule has 0 amide bonds. The van der Waals surface area contributed by atoms with Gasteiger partial charge in [0.05, 0.1) is 38.8 Å². The van der Waals surface area contributed by atoms with E-state index in [0.29, 0.717) is 5.82 Å². The van der Waals surface area contributed by atoms with Crippen molar-refractivity contribution in [1.29, 1.82) is 0 Å². The number of rotatable bonds is 5. The second-order valence-corrected chi connectivity index (χ2v) is 14.6. The molecule has 5 heteroatoms. The van der Waals surface area contributed by atoms with Gasteiger partial charge >= 0.3 is 0 Å². The van der Waals surface area contributed by atoms with Crippen LogP contribution in [0.5, 0.6) is 0 Å². The summed E-state index contributed by atoms with van der Waals surface area (Å²) in [5.41, 5.74) is 13.2. The average Bonchev–Trinajstić information content (AvgIpc) is 3.93. The summed E-state index contributed by atoms with van der Waals surface area (Å²) in [5.74, 6) is 0.672. The van der Waals surface area contributed by atoms with Gasteiger partial charge in [-0.2, -0.15) is 0 Å². The summed E-state index contributed by atoms with van der Waals surface area (Å²) in [7, 11) is 0. The van der Waals surface area contributed by atoms with E-state index in [1.165, 1.54) is 16.3 Å². The number of nitrogens with zero attached hydrogens (tertiary/aromatic N) is 4. The lowest BCUT2D eigenvalue weighted by atomic mass is 10.1. The van der Waals surface area contributed by atoms with E-state index in [1.54, 1.807) is 0 Å². The molecule has 0 aliphatic carbocycles. The summed E-state index contributed by atoms with van der Waals surface area (Å²) in [6.07, 6.45) is 0. The van der Waals surface area contributed by atoms with Crippen LogP contribution in [0.25, 0.3) is 111 Å². The number of aromatic nitrogens is 4. The van der Waals surface area contributed by atoms with Crippen LogP contribution in [-0.2, 0) is 0 Å². The molecule has 0 fully saturated rings. The summed E-state index contributed by atoms with van der Waals surface area (Å²) in [4.78, 5) is 10.4. The van der Waals surface area contributed by atoms with Gasteiger partial charge in [0.1, 0.15) is 11.2 Å². The third-order valence-corrected chi connectivity index (χ3v) is 11.3. The maximum Gasteiger partial charge on any atom is 0.160 e. The molecule has 0 unspecified atom stereocenters. The first-order chi connectivity index (χ1) is 28.3. The zero-order valence-electron chi connectivity index (χ0n) is 30.7. The molecule has 0 aliphatic heterocycles. The predicted octanol–water partition coefficient (Wildman–Crippen LogP) is 13.6. The fourth-order valence-electron chi connectivity index (χ4n) is 8.75. The zero-order chi connectivity index (χ0) is 37.5. The van der Waals surface area contributed by atoms with Crippen molar-refractivity contribution in [3.63, 3.8) is 0 Å². The Morgan fingerprint density at radius 3 is 1.68 bits per heavy atom. The van der Waals surface area contributed by atoms with E-state index in [1.807, 2.05) is 18.2 Å². The molecule has 8 aromatic carbocycles. The van der Waals surface area contributed by atoms with Gasteiger partial charge in [0.15, 0.2) is 5.82 Å². The Balaban J connectivity index is 1.16. The molecule has 0 spiro atoms. The topological polar surface area (TPSA) is 48.8 Å². The van der Waals surface area contributed by atoms with Gasteiger partial charge in [-0.25, -0.2) is 9.97 Å². The van der Waals surface area contributed by atoms with Gasteiger partial charge in [-0.05, 0) is 66.7 Å². The number of hydrogen-bond acceptors (Lipinski definition) is 3. The molecule has 0 radical (unpaired) electrons. The highest BCUT2D eigenvalue weighted by Gasteiger charge is 2.22. The highest BCUT2D eigenvalue weighted by atomic mass is 16.3. The van der Waals surface area contributed by atoms with E-state index in [4.69, 9.17) is 14.4 Å². The van der Waals surface area contributed by atoms with Gasteiger partial charge in [0.25, 0.3) is 0 Å². The molecule has 0 saturated carbocycles. The maximum atomic E-state index is 6.77. The van der Waals surface area contributed by atoms with Crippen LogP contribution in [0.15, 0.2) is 199 Å². The smallest absolute Gasteiger partial charge is 0.160 e. The van der Waals surface area contributed by atoms with Crippen LogP contribution in [0.2, 0.25) is 0 Å². The Labute approximate surface area is 327 Å². The van der Waals surface area contributed by atoms with Gasteiger partial charge in [-0.1, -0.05) is 127 Å². The van der Waals surface area contributed by atoms with Crippen molar-refractivity contribution in [2.24, 2.45) is 0 Å². The van der Waals surface area contributed by atoms with E-state index in [9.17, 15) is 0 Å². The summed E-state index contributed by atoms with van der Waals surface area (Å²) in [5, 5.41) is 6.83. The van der Waals surface area contributed by atoms with Gasteiger partial charge in [-0.15, -0.1) is 0 Å². The molecular weight excluding hydrogens is 697 g/mol. The molecule has 0 atom stereocenters. The van der Waals surface area contributed by atoms with Crippen molar-refractivity contribution in [3.05, 3.63) is 194 Å². The van der Waals surface area contributed by atoms with E-state index in [0.717, 1.165) is 88.7 Å². The molecule has 0 N–H and O–H groups in total. The number of hydrogen-bond donors (Lipinski definition) is 0. The van der Waals surface area contributed by atoms with Gasteiger partial charge in [-0.3, -0.25) is 0 Å². The van der Waals surface area contributed by atoms with Crippen LogP contribution in [-0.4, -0.2) is 19.1 Å². The van der Waals surface area contributed by atoms with E-state index < -0.39 is 0 Å². The number of para-hydroxylation sites is 3. The first-order valence-electron chi connectivity index (χ1n) is 19.2. The number of furan rings is 1. The van der Waals surface area contributed by atoms with Crippen LogP contribution in [0, 0.1) is 0 Å². The van der Waals surface area contributed by atoms with Crippen molar-refractivity contribution < 1.29 is 4.42 Å². The number of benzene rings is 8. The molecule has 5 nitrogen and oxygen atoms in total. The van der Waals surface area contributed by atoms with Gasteiger partial charge in [0, 0.05) is 55.0 Å². The Hall–Kier alpha value is -7.76. The van der Waals surface area contributed by atoms with Crippen LogP contribution < -0.4 is 0 Å². The molecule has 4 heterocycles. The molecular formula is C52H32N4O. The SMILES string of the molecule is c1ccc(-c2cc(-c3ccccc3)nc(-c3cccc(-n4c5cc6c7ccccc7n(-c7ccccc7)c6cc5c5c6oc7ccccc7c6ccc54)c3)n2)cc1. The molecule has 12 rings (SSSR count). The molecule has 0 aliphatic rings. The maximum absolute atomic E-state index is 6.77. The van der Waals surface area contributed by atoms with Gasteiger partial charge in [0.2, 0.25) is 0 Å². The van der Waals surface area contributed by atoms with Crippen molar-refractivity contribution in [2.75, 3.05) is 0 Å². The van der Waals surface area contributed by atoms with E-state index in [-0.39, 0.29) is 0 Å². The second-order valence-electron chi connectivity index (χ2n) is 14.6. The Bertz CT molecular complexity index is 3450. The largest absolute Gasteiger partial charge is 0.455 e. The fourth-order valence-corrected chi connectivity index (χ4v) is 8.75. The predicted molar refractivity (Wildman–Crippen MR) is 234 cm³/mol. The molecule has 4 aromatic heterocycles. The Morgan fingerprint density at radius 2 is 0.930 bits per heavy atom. The minimum Gasteiger partial charge on any atom is -0.455 e. The van der Waals surface area contributed by atoms with Crippen molar-refractivity contribution in [2.45, 2.75) is 0 Å². The molecule has 266 valence electrons. The summed E-state index contributed by atoms with van der Waals surface area (Å²) in [6, 6.07) is 68.2. The quantitative estimate of drug-likeness (QED) is 0.177. The highest BCUT2D eigenvalue weighted by molar-refractivity contribution is 6.26. The lowest BCUT2D eigenvalue weighted by Gasteiger charge is -2.12. The average molecular weight is 729 g/mol. The van der Waals surface area contributed by atoms with E-state index >= 15 is 0 Å². The Morgan fingerprint density at radius 1 is 0.351 bits per heavy atom. The first kappa shape index (κ1) is 31.6. The minimum atomic E-state index is 0.672. The van der Waals surface area contributed by atoms with Crippen LogP contribution >= 0.6 is 0 Å². The molecule has 0 saturated heterocycles. The standard InChI is InChI=1S/C52H32N4O/c1-4-15-33(16-5-1)43-32-44(34-17-6-2-7-18-34)54-52(53-43)35-19-14-22-37(29-35)56-46-28-27-40-39-24-11-13-26-49(39)57-51(40)50(46)42-31-47-41(30-48(42)56)38-23-10-12-25-45(38)55(47)36-20-8-3-9-21-36/h1-32H. The van der Waals surface area contributed by atoms with Crippen LogP contribution in [0.1, 0.15) is 0 Å². The first-order valence-corrected chi connectivity index (χ1v) is 19.2. The van der Waals surface area contributed by atoms with Crippen molar-refractivity contribution >= 4 is 65.6 Å². The van der Waals surface area contributed by atoms with Crippen LogP contribution in [0.4, 0.5) is 0 Å². The highest BCUT2D eigenvalue weighted by Crippen LogP contribution is 2.44. The molecule has 57 heavy (non-hydrogen) atoms. The number of fused-ring (bicyclic) bond motifs is 10. The normalized spacial score (nSPS) is 11.9. The third-order valence-electron chi connectivity index (χ3n) is 11.3. The second kappa shape index (κ2) is 12.4. The monoisotopic (exact) mass is 728 g/mol. The lowest BCUT2D eigenvalue weighted by Crippen LogP contribution is -1.98. The fraction of sp³-hybridized carbons (Fsp3) is 0. The minimum absolute atomic E-state index is 0.672. The van der Waals surface area contributed by atoms with E-state index in [2.05, 4.69) is 185 Å². The summed E-state index contributed by atoms with van der Waals surface area (Å²) < 4.78 is 11.5. The molecule has 12 aromatic rings. The van der Waals surface area contributed by atoms with Crippen molar-refractivity contribution in [1.82, 2.24) is 19.1 Å². The Kier molecular flexibility index (Phi) is 6.86.